The summed E-state index contributed by atoms with van der Waals surface area (Å²) in [4.78, 5) is 32.2. The van der Waals surface area contributed by atoms with Crippen molar-refractivity contribution in [2.24, 2.45) is 5.10 Å². The van der Waals surface area contributed by atoms with Crippen LogP contribution in [0.15, 0.2) is 28.2 Å². The summed E-state index contributed by atoms with van der Waals surface area (Å²) >= 11 is 1.70. The molecule has 2 fully saturated rings. The second-order valence-electron chi connectivity index (χ2n) is 8.33. The van der Waals surface area contributed by atoms with E-state index in [4.69, 9.17) is 5.11 Å². The summed E-state index contributed by atoms with van der Waals surface area (Å²) in [6.07, 6.45) is 2.38. The summed E-state index contributed by atoms with van der Waals surface area (Å²) in [6.45, 7) is 6.19. The number of β-amino-alcohol motifs (C(OH)–C–C–N with tert-alkyl or cyclic N) is 1. The number of thioether (sulfide) groups is 1. The van der Waals surface area contributed by atoms with E-state index in [1.807, 2.05) is 6.07 Å². The highest BCUT2D eigenvalue weighted by atomic mass is 32.2. The lowest BCUT2D eigenvalue weighted by Gasteiger charge is -2.34. The van der Waals surface area contributed by atoms with Gasteiger partial charge in [-0.3, -0.25) is 14.6 Å². The summed E-state index contributed by atoms with van der Waals surface area (Å²) in [5.41, 5.74) is 1.57. The number of aliphatic hydroxyl groups is 1. The lowest BCUT2D eigenvalue weighted by molar-refractivity contribution is -0.125. The number of carbonyl (C=O) groups excluding carboxylic acids is 2. The van der Waals surface area contributed by atoms with Gasteiger partial charge < -0.3 is 15.1 Å². The van der Waals surface area contributed by atoms with Gasteiger partial charge in [0.1, 0.15) is 12.3 Å². The summed E-state index contributed by atoms with van der Waals surface area (Å²) in [6, 6.07) is 4.82. The van der Waals surface area contributed by atoms with Gasteiger partial charge in [0, 0.05) is 61.9 Å². The molecule has 0 saturated carbocycles. The number of amides is 3. The van der Waals surface area contributed by atoms with E-state index >= 15 is 0 Å². The molecule has 0 radical (unpaired) electrons. The number of hydrogen-bond acceptors (Lipinski definition) is 8. The Labute approximate surface area is 192 Å². The number of aliphatic hydroxyl groups excluding tert-OH is 1. The van der Waals surface area contributed by atoms with Crippen molar-refractivity contribution in [2.45, 2.75) is 24.2 Å². The molecule has 0 aliphatic carbocycles. The quantitative estimate of drug-likeness (QED) is 0.444. The number of aromatic hydroxyl groups is 1. The van der Waals surface area contributed by atoms with E-state index in [0.717, 1.165) is 74.0 Å². The number of phenols is 1. The van der Waals surface area contributed by atoms with Gasteiger partial charge in [-0.1, -0.05) is 0 Å². The number of phenolic OH excluding ortho intramolecular Hbond substituents is 1. The Hall–Kier alpha value is -2.14. The van der Waals surface area contributed by atoms with Gasteiger partial charge in [-0.05, 0) is 37.6 Å². The zero-order valence-corrected chi connectivity index (χ0v) is 19.1. The van der Waals surface area contributed by atoms with Gasteiger partial charge in [0.15, 0.2) is 0 Å². The number of unbranched alkanes of at least 4 members (excludes halogenated alkanes) is 1. The lowest BCUT2D eigenvalue weighted by Crippen LogP contribution is -2.47. The summed E-state index contributed by atoms with van der Waals surface area (Å²) in [5, 5.41) is 24.6. The second-order valence-corrected chi connectivity index (χ2v) is 9.46. The van der Waals surface area contributed by atoms with Crippen LogP contribution in [0.1, 0.15) is 24.8 Å². The molecule has 0 aromatic heterocycles. The Morgan fingerprint density at radius 2 is 1.72 bits per heavy atom. The van der Waals surface area contributed by atoms with Gasteiger partial charge in [-0.15, -0.1) is 11.8 Å². The molecular weight excluding hydrogens is 430 g/mol. The maximum Gasteiger partial charge on any atom is 0.347 e. The van der Waals surface area contributed by atoms with Gasteiger partial charge in [-0.25, -0.2) is 9.80 Å². The molecule has 9 nitrogen and oxygen atoms in total. The molecule has 1 aromatic rings. The molecule has 0 atom stereocenters. The van der Waals surface area contributed by atoms with Crippen LogP contribution < -0.4 is 0 Å². The van der Waals surface area contributed by atoms with Gasteiger partial charge in [0.2, 0.25) is 0 Å². The first-order chi connectivity index (χ1) is 15.5. The first kappa shape index (κ1) is 23.0. The number of piperazine rings is 1. The molecule has 32 heavy (non-hydrogen) atoms. The molecule has 174 valence electrons. The molecule has 1 aromatic carbocycles. The molecule has 3 heterocycles. The van der Waals surface area contributed by atoms with E-state index in [9.17, 15) is 14.7 Å². The largest absolute Gasteiger partial charge is 0.508 e. The Morgan fingerprint density at radius 1 is 1.00 bits per heavy atom. The highest BCUT2D eigenvalue weighted by Crippen LogP contribution is 2.33. The molecule has 3 amide bonds. The minimum atomic E-state index is -0.361. The SMILES string of the molecule is O=C1CN(/N=C2\CCSc3ccc(O)cc32)C(=O)N1CCCCN1CCN(CCO)CC1. The number of fused-ring (bicyclic) bond motifs is 1. The predicted molar refractivity (Wildman–Crippen MR) is 123 cm³/mol. The van der Waals surface area contributed by atoms with Crippen LogP contribution in [-0.4, -0.2) is 112 Å². The molecule has 0 bridgehead atoms. The van der Waals surface area contributed by atoms with E-state index in [2.05, 4.69) is 14.9 Å². The van der Waals surface area contributed by atoms with E-state index in [1.165, 1.54) is 9.91 Å². The number of hydrazone groups is 1. The average molecular weight is 462 g/mol. The Balaban J connectivity index is 1.27. The predicted octanol–water partition coefficient (Wildman–Crippen LogP) is 1.25. The number of hydrogen-bond donors (Lipinski definition) is 2. The lowest BCUT2D eigenvalue weighted by atomic mass is 10.1. The fourth-order valence-electron chi connectivity index (χ4n) is 4.32. The smallest absolute Gasteiger partial charge is 0.347 e. The Morgan fingerprint density at radius 3 is 2.47 bits per heavy atom. The Bertz CT molecular complexity index is 872. The third-order valence-corrected chi connectivity index (χ3v) is 7.21. The van der Waals surface area contributed by atoms with Crippen molar-refractivity contribution in [2.75, 3.05) is 64.7 Å². The Kier molecular flexibility index (Phi) is 7.67. The van der Waals surface area contributed by atoms with Crippen LogP contribution in [0.4, 0.5) is 4.79 Å². The molecular formula is C22H31N5O4S. The standard InChI is InChI=1S/C22H31N5O4S/c28-13-12-25-10-8-24(9-11-25)6-1-2-7-26-21(30)16-27(22(26)31)23-19-5-14-32-20-4-3-17(29)15-18(19)20/h3-4,15,28-29H,1-2,5-14,16H2/b23-19+. The van der Waals surface area contributed by atoms with Crippen molar-refractivity contribution in [3.05, 3.63) is 23.8 Å². The van der Waals surface area contributed by atoms with Crippen LogP contribution in [0.2, 0.25) is 0 Å². The molecule has 3 aliphatic rings. The molecule has 0 unspecified atom stereocenters. The minimum Gasteiger partial charge on any atom is -0.508 e. The van der Waals surface area contributed by atoms with Gasteiger partial charge >= 0.3 is 6.03 Å². The van der Waals surface area contributed by atoms with Crippen LogP contribution in [-0.2, 0) is 4.79 Å². The normalized spacial score (nSPS) is 21.6. The van der Waals surface area contributed by atoms with Gasteiger partial charge in [0.25, 0.3) is 5.91 Å². The molecule has 10 heteroatoms. The first-order valence-corrected chi connectivity index (χ1v) is 12.2. The fourth-order valence-corrected chi connectivity index (χ4v) is 5.33. The fraction of sp³-hybridized carbons (Fsp3) is 0.591. The molecule has 3 aliphatic heterocycles. The van der Waals surface area contributed by atoms with Gasteiger partial charge in [0.05, 0.1) is 12.3 Å². The maximum atomic E-state index is 12.8. The van der Waals surface area contributed by atoms with Crippen molar-refractivity contribution in [3.8, 4) is 5.75 Å². The number of carbonyl (C=O) groups is 2. The number of nitrogens with zero attached hydrogens (tertiary/aromatic N) is 5. The van der Waals surface area contributed by atoms with Crippen molar-refractivity contribution in [1.82, 2.24) is 19.7 Å². The van der Waals surface area contributed by atoms with Crippen LogP contribution in [0.3, 0.4) is 0 Å². The second kappa shape index (κ2) is 10.7. The van der Waals surface area contributed by atoms with Crippen LogP contribution in [0, 0.1) is 0 Å². The molecule has 2 N–H and O–H groups in total. The summed E-state index contributed by atoms with van der Waals surface area (Å²) < 4.78 is 0. The summed E-state index contributed by atoms with van der Waals surface area (Å²) in [5.74, 6) is 0.808. The van der Waals surface area contributed by atoms with Crippen LogP contribution >= 0.6 is 11.8 Å². The zero-order valence-electron chi connectivity index (χ0n) is 18.3. The highest BCUT2D eigenvalue weighted by molar-refractivity contribution is 7.99. The van der Waals surface area contributed by atoms with Crippen molar-refractivity contribution < 1.29 is 19.8 Å². The number of imide groups is 1. The van der Waals surface area contributed by atoms with Crippen LogP contribution in [0.5, 0.6) is 5.75 Å². The van der Waals surface area contributed by atoms with E-state index in [1.54, 1.807) is 23.9 Å². The van der Waals surface area contributed by atoms with E-state index in [0.29, 0.717) is 13.0 Å². The topological polar surface area (TPSA) is 99.9 Å². The minimum absolute atomic E-state index is 0.0313. The van der Waals surface area contributed by atoms with Crippen LogP contribution in [0.25, 0.3) is 0 Å². The first-order valence-electron chi connectivity index (χ1n) is 11.3. The third kappa shape index (κ3) is 5.43. The van der Waals surface area contributed by atoms with Crippen molar-refractivity contribution in [1.29, 1.82) is 0 Å². The summed E-state index contributed by atoms with van der Waals surface area (Å²) in [7, 11) is 0. The zero-order chi connectivity index (χ0) is 22.5. The molecule has 2 saturated heterocycles. The maximum absolute atomic E-state index is 12.8. The third-order valence-electron chi connectivity index (χ3n) is 6.14. The van der Waals surface area contributed by atoms with Gasteiger partial charge in [-0.2, -0.15) is 5.10 Å². The number of rotatable bonds is 8. The van der Waals surface area contributed by atoms with Crippen molar-refractivity contribution >= 4 is 29.4 Å². The van der Waals surface area contributed by atoms with E-state index in [-0.39, 0.29) is 30.8 Å². The average Bonchev–Trinajstić information content (AvgIpc) is 3.05. The van der Waals surface area contributed by atoms with Crippen molar-refractivity contribution in [3.63, 3.8) is 0 Å². The number of benzene rings is 1. The highest BCUT2D eigenvalue weighted by Gasteiger charge is 2.36. The monoisotopic (exact) mass is 461 g/mol. The molecule has 4 rings (SSSR count). The molecule has 0 spiro atoms. The van der Waals surface area contributed by atoms with E-state index < -0.39 is 0 Å². The number of urea groups is 1.